The maximum Gasteiger partial charge on any atom is 0.411 e. The summed E-state index contributed by atoms with van der Waals surface area (Å²) in [6.45, 7) is 0.202. The van der Waals surface area contributed by atoms with Crippen molar-refractivity contribution in [1.29, 1.82) is 0 Å². The van der Waals surface area contributed by atoms with Crippen molar-refractivity contribution in [3.63, 3.8) is 0 Å². The van der Waals surface area contributed by atoms with Crippen LogP contribution in [0.15, 0.2) is 109 Å². The van der Waals surface area contributed by atoms with E-state index in [1.807, 2.05) is 48.5 Å². The van der Waals surface area contributed by atoms with E-state index < -0.39 is 18.2 Å². The molecule has 196 valence electrons. The van der Waals surface area contributed by atoms with Gasteiger partial charge in [0.25, 0.3) is 11.8 Å². The van der Waals surface area contributed by atoms with Crippen molar-refractivity contribution in [3.8, 4) is 5.75 Å². The summed E-state index contributed by atoms with van der Waals surface area (Å²) in [5.41, 5.74) is 2.92. The summed E-state index contributed by atoms with van der Waals surface area (Å²) in [5.74, 6) is -0.279. The number of amides is 3. The number of hydrogen-bond acceptors (Lipinski definition) is 5. The van der Waals surface area contributed by atoms with Crippen molar-refractivity contribution in [2.45, 2.75) is 18.7 Å². The second-order valence-electron chi connectivity index (χ2n) is 9.00. The Bertz CT molecular complexity index is 1480. The van der Waals surface area contributed by atoms with E-state index in [4.69, 9.17) is 9.47 Å². The first-order chi connectivity index (χ1) is 19.0. The van der Waals surface area contributed by atoms with E-state index in [0.717, 1.165) is 5.56 Å². The number of rotatable bonds is 8. The fraction of sp³-hybridized carbons (Fsp3) is 0.129. The zero-order chi connectivity index (χ0) is 27.2. The number of carbonyl (C=O) groups excluding carboxylic acids is 3. The Labute approximate surface area is 226 Å². The molecular weight excluding hydrogens is 494 g/mol. The first-order valence-electron chi connectivity index (χ1n) is 12.4. The minimum absolute atomic E-state index is 0.202. The van der Waals surface area contributed by atoms with E-state index in [1.165, 1.54) is 12.0 Å². The van der Waals surface area contributed by atoms with Gasteiger partial charge in [0.05, 0.1) is 19.2 Å². The lowest BCUT2D eigenvalue weighted by molar-refractivity contribution is -0.121. The van der Waals surface area contributed by atoms with Crippen molar-refractivity contribution < 1.29 is 23.9 Å². The van der Waals surface area contributed by atoms with Gasteiger partial charge in [-0.3, -0.25) is 14.5 Å². The van der Waals surface area contributed by atoms with E-state index in [2.05, 4.69) is 10.6 Å². The Balaban J connectivity index is 1.43. The van der Waals surface area contributed by atoms with Gasteiger partial charge in [-0.1, -0.05) is 72.8 Å². The lowest BCUT2D eigenvalue weighted by atomic mass is 10.00. The Morgan fingerprint density at radius 3 is 2.23 bits per heavy atom. The molecule has 1 heterocycles. The summed E-state index contributed by atoms with van der Waals surface area (Å²) in [4.78, 5) is 41.1. The van der Waals surface area contributed by atoms with E-state index in [1.54, 1.807) is 60.7 Å². The first-order valence-corrected chi connectivity index (χ1v) is 12.4. The number of nitrogens with zero attached hydrogens (tertiary/aromatic N) is 1. The maximum atomic E-state index is 13.6. The Hall–Kier alpha value is -5.11. The van der Waals surface area contributed by atoms with Crippen LogP contribution in [-0.4, -0.2) is 36.0 Å². The summed E-state index contributed by atoms with van der Waals surface area (Å²) in [7, 11) is 1.50. The number of benzene rings is 4. The van der Waals surface area contributed by atoms with Crippen molar-refractivity contribution in [2.24, 2.45) is 0 Å². The molecule has 4 aromatic carbocycles. The highest BCUT2D eigenvalue weighted by Crippen LogP contribution is 2.35. The number of anilines is 2. The van der Waals surface area contributed by atoms with Gasteiger partial charge < -0.3 is 20.1 Å². The van der Waals surface area contributed by atoms with Crippen LogP contribution in [0.25, 0.3) is 0 Å². The molecule has 1 fully saturated rings. The van der Waals surface area contributed by atoms with Gasteiger partial charge in [-0.2, -0.15) is 0 Å². The molecule has 2 unspecified atom stereocenters. The van der Waals surface area contributed by atoms with E-state index in [0.29, 0.717) is 28.3 Å². The quantitative estimate of drug-likeness (QED) is 0.312. The van der Waals surface area contributed by atoms with E-state index in [-0.39, 0.29) is 18.4 Å². The van der Waals surface area contributed by atoms with Crippen LogP contribution in [-0.2, 0) is 16.1 Å². The molecule has 5 rings (SSSR count). The highest BCUT2D eigenvalue weighted by Gasteiger charge is 2.47. The largest absolute Gasteiger partial charge is 0.496 e. The average Bonchev–Trinajstić information content (AvgIpc) is 3.30. The molecule has 1 saturated heterocycles. The molecule has 0 radical (unpaired) electrons. The smallest absolute Gasteiger partial charge is 0.411 e. The summed E-state index contributed by atoms with van der Waals surface area (Å²) >= 11 is 0. The fourth-order valence-electron chi connectivity index (χ4n) is 4.55. The van der Waals surface area contributed by atoms with Crippen LogP contribution in [0, 0.1) is 0 Å². The molecule has 8 heteroatoms. The van der Waals surface area contributed by atoms with Crippen LogP contribution in [0.1, 0.15) is 27.6 Å². The third kappa shape index (κ3) is 5.75. The summed E-state index contributed by atoms with van der Waals surface area (Å²) in [5, 5.41) is 5.77. The van der Waals surface area contributed by atoms with Gasteiger partial charge in [-0.05, 0) is 47.5 Å². The fourth-order valence-corrected chi connectivity index (χ4v) is 4.55. The van der Waals surface area contributed by atoms with Crippen LogP contribution in [0.5, 0.6) is 5.75 Å². The molecule has 0 spiro atoms. The van der Waals surface area contributed by atoms with Gasteiger partial charge in [-0.15, -0.1) is 0 Å². The minimum Gasteiger partial charge on any atom is -0.496 e. The molecular formula is C31H27N3O5. The molecule has 39 heavy (non-hydrogen) atoms. The first kappa shape index (κ1) is 25.5. The number of ether oxygens (including phenoxy) is 2. The molecule has 0 saturated carbocycles. The Kier molecular flexibility index (Phi) is 7.54. The highest BCUT2D eigenvalue weighted by atomic mass is 16.6. The SMILES string of the molecule is COc1ccccc1C(=O)Nc1cccc(C2OC(=O)N(Cc3ccccc3)C2C(=O)Nc2ccccc2)c1. The zero-order valence-corrected chi connectivity index (χ0v) is 21.2. The van der Waals surface area contributed by atoms with Crippen molar-refractivity contribution >= 4 is 29.3 Å². The molecule has 4 aromatic rings. The van der Waals surface area contributed by atoms with Crippen molar-refractivity contribution in [3.05, 3.63) is 126 Å². The van der Waals surface area contributed by atoms with E-state index in [9.17, 15) is 14.4 Å². The minimum atomic E-state index is -0.946. The second-order valence-corrected chi connectivity index (χ2v) is 9.00. The standard InChI is InChI=1S/C31H27N3O5/c1-38-26-18-9-8-17-25(26)29(35)33-24-16-10-13-22(19-24)28-27(30(36)32-23-14-6-3-7-15-23)34(31(37)39-28)20-21-11-4-2-5-12-21/h2-19,27-28H,20H2,1H3,(H,32,36)(H,33,35). The van der Waals surface area contributed by atoms with Crippen LogP contribution >= 0.6 is 0 Å². The van der Waals surface area contributed by atoms with Crippen molar-refractivity contribution in [2.75, 3.05) is 17.7 Å². The van der Waals surface area contributed by atoms with Gasteiger partial charge in [0.2, 0.25) is 0 Å². The van der Waals surface area contributed by atoms with Gasteiger partial charge >= 0.3 is 6.09 Å². The molecule has 8 nitrogen and oxygen atoms in total. The van der Waals surface area contributed by atoms with Gasteiger partial charge in [-0.25, -0.2) is 4.79 Å². The number of nitrogens with one attached hydrogen (secondary N) is 2. The van der Waals surface area contributed by atoms with Crippen LogP contribution < -0.4 is 15.4 Å². The third-order valence-corrected chi connectivity index (χ3v) is 6.42. The molecule has 2 N–H and O–H groups in total. The number of cyclic esters (lactones) is 1. The molecule has 0 aromatic heterocycles. The highest BCUT2D eigenvalue weighted by molar-refractivity contribution is 6.06. The zero-order valence-electron chi connectivity index (χ0n) is 21.2. The Morgan fingerprint density at radius 1 is 0.821 bits per heavy atom. The molecule has 3 amide bonds. The maximum absolute atomic E-state index is 13.6. The molecule has 0 aliphatic carbocycles. The van der Waals surface area contributed by atoms with Crippen LogP contribution in [0.2, 0.25) is 0 Å². The average molecular weight is 522 g/mol. The number of hydrogen-bond donors (Lipinski definition) is 2. The normalized spacial score (nSPS) is 16.3. The van der Waals surface area contributed by atoms with Gasteiger partial charge in [0.15, 0.2) is 12.1 Å². The monoisotopic (exact) mass is 521 g/mol. The van der Waals surface area contributed by atoms with Crippen LogP contribution in [0.4, 0.5) is 16.2 Å². The number of carbonyl (C=O) groups is 3. The van der Waals surface area contributed by atoms with Gasteiger partial charge in [0.1, 0.15) is 5.75 Å². The molecule has 1 aliphatic heterocycles. The van der Waals surface area contributed by atoms with E-state index >= 15 is 0 Å². The summed E-state index contributed by atoms with van der Waals surface area (Å²) in [6, 6.07) is 31.4. The molecule has 0 bridgehead atoms. The topological polar surface area (TPSA) is 97.0 Å². The predicted molar refractivity (Wildman–Crippen MR) is 147 cm³/mol. The lowest BCUT2D eigenvalue weighted by Crippen LogP contribution is -2.43. The van der Waals surface area contributed by atoms with Crippen molar-refractivity contribution in [1.82, 2.24) is 4.90 Å². The van der Waals surface area contributed by atoms with Crippen LogP contribution in [0.3, 0.4) is 0 Å². The third-order valence-electron chi connectivity index (χ3n) is 6.42. The summed E-state index contributed by atoms with van der Waals surface area (Å²) < 4.78 is 11.1. The summed E-state index contributed by atoms with van der Waals surface area (Å²) in [6.07, 6.45) is -1.49. The number of para-hydroxylation sites is 2. The second kappa shape index (κ2) is 11.5. The molecule has 1 aliphatic rings. The predicted octanol–water partition coefficient (Wildman–Crippen LogP) is 5.65. The lowest BCUT2D eigenvalue weighted by Gasteiger charge is -2.24. The number of methoxy groups -OCH3 is 1. The van der Waals surface area contributed by atoms with Gasteiger partial charge in [0, 0.05) is 11.4 Å². The molecule has 2 atom stereocenters. The Morgan fingerprint density at radius 2 is 1.49 bits per heavy atom.